The van der Waals surface area contributed by atoms with Crippen LogP contribution in [-0.4, -0.2) is 26.9 Å². The quantitative estimate of drug-likeness (QED) is 0.563. The fraction of sp³-hybridized carbons (Fsp3) is 0.600. The highest BCUT2D eigenvalue weighted by atomic mass is 16.5. The summed E-state index contributed by atoms with van der Waals surface area (Å²) >= 11 is 0. The molecular weight excluding hydrogens is 256 g/mol. The van der Waals surface area contributed by atoms with Crippen molar-refractivity contribution in [2.75, 3.05) is 20.8 Å². The molecule has 1 fully saturated rings. The molecule has 1 aliphatic rings. The molecule has 2 atom stereocenters. The Labute approximate surface area is 120 Å². The third-order valence-corrected chi connectivity index (χ3v) is 3.69. The van der Waals surface area contributed by atoms with Gasteiger partial charge in [-0.3, -0.25) is 11.3 Å². The maximum Gasteiger partial charge on any atom is 0.122 e. The standard InChI is InChI=1S/C15H24N2O3/c1-4-20-15(10-5-6-10)14(17-16)11-7-12(18-2)9-13(8-11)19-3/h7-10,14-15,17H,4-6,16H2,1-3H3. The highest BCUT2D eigenvalue weighted by Gasteiger charge is 2.37. The van der Waals surface area contributed by atoms with Gasteiger partial charge in [0.15, 0.2) is 0 Å². The maximum atomic E-state index is 5.90. The summed E-state index contributed by atoms with van der Waals surface area (Å²) in [6, 6.07) is 5.73. The molecule has 0 heterocycles. The average Bonchev–Trinajstić information content (AvgIpc) is 3.31. The van der Waals surface area contributed by atoms with E-state index in [1.54, 1.807) is 14.2 Å². The zero-order valence-electron chi connectivity index (χ0n) is 12.4. The number of hydrogen-bond acceptors (Lipinski definition) is 5. The maximum absolute atomic E-state index is 5.90. The summed E-state index contributed by atoms with van der Waals surface area (Å²) < 4.78 is 16.5. The first-order valence-electron chi connectivity index (χ1n) is 7.04. The van der Waals surface area contributed by atoms with E-state index in [0.717, 1.165) is 17.1 Å². The molecule has 5 heteroatoms. The predicted molar refractivity (Wildman–Crippen MR) is 77.7 cm³/mol. The van der Waals surface area contributed by atoms with E-state index in [1.165, 1.54) is 12.8 Å². The molecule has 1 aliphatic carbocycles. The lowest BCUT2D eigenvalue weighted by Crippen LogP contribution is -2.39. The summed E-state index contributed by atoms with van der Waals surface area (Å²) in [5.74, 6) is 7.86. The molecule has 0 aliphatic heterocycles. The zero-order chi connectivity index (χ0) is 14.5. The van der Waals surface area contributed by atoms with E-state index < -0.39 is 0 Å². The van der Waals surface area contributed by atoms with Gasteiger partial charge in [-0.15, -0.1) is 0 Å². The summed E-state index contributed by atoms with van der Waals surface area (Å²) in [6.07, 6.45) is 2.48. The SMILES string of the molecule is CCOC(C1CC1)C(NN)c1cc(OC)cc(OC)c1. The van der Waals surface area contributed by atoms with Crippen molar-refractivity contribution in [3.63, 3.8) is 0 Å². The largest absolute Gasteiger partial charge is 0.497 e. The van der Waals surface area contributed by atoms with Crippen molar-refractivity contribution in [3.05, 3.63) is 23.8 Å². The normalized spacial score (nSPS) is 17.6. The van der Waals surface area contributed by atoms with Gasteiger partial charge >= 0.3 is 0 Å². The van der Waals surface area contributed by atoms with Gasteiger partial charge in [-0.2, -0.15) is 0 Å². The fourth-order valence-corrected chi connectivity index (χ4v) is 2.51. The summed E-state index contributed by atoms with van der Waals surface area (Å²) in [5.41, 5.74) is 3.91. The third kappa shape index (κ3) is 3.42. The number of methoxy groups -OCH3 is 2. The zero-order valence-corrected chi connectivity index (χ0v) is 12.4. The van der Waals surface area contributed by atoms with Crippen molar-refractivity contribution in [1.82, 2.24) is 5.43 Å². The molecule has 1 aromatic carbocycles. The predicted octanol–water partition coefficient (Wildman–Crippen LogP) is 2.02. The van der Waals surface area contributed by atoms with Crippen molar-refractivity contribution in [2.24, 2.45) is 11.8 Å². The van der Waals surface area contributed by atoms with Gasteiger partial charge in [0.05, 0.1) is 26.4 Å². The highest BCUT2D eigenvalue weighted by Crippen LogP contribution is 2.41. The van der Waals surface area contributed by atoms with Crippen LogP contribution in [0.3, 0.4) is 0 Å². The number of rotatable bonds is 8. The molecule has 0 saturated heterocycles. The first-order chi connectivity index (χ1) is 9.73. The Bertz CT molecular complexity index is 413. The van der Waals surface area contributed by atoms with E-state index in [2.05, 4.69) is 5.43 Å². The minimum absolute atomic E-state index is 0.0635. The molecule has 2 rings (SSSR count). The monoisotopic (exact) mass is 280 g/mol. The Kier molecular flexibility index (Phi) is 5.23. The lowest BCUT2D eigenvalue weighted by molar-refractivity contribution is 0.0184. The first-order valence-corrected chi connectivity index (χ1v) is 7.04. The van der Waals surface area contributed by atoms with Gasteiger partial charge < -0.3 is 14.2 Å². The van der Waals surface area contributed by atoms with E-state index in [0.29, 0.717) is 12.5 Å². The summed E-state index contributed by atoms with van der Waals surface area (Å²) in [4.78, 5) is 0. The Morgan fingerprint density at radius 1 is 1.20 bits per heavy atom. The number of nitrogens with two attached hydrogens (primary N) is 1. The molecule has 0 aromatic heterocycles. The van der Waals surface area contributed by atoms with Crippen LogP contribution >= 0.6 is 0 Å². The van der Waals surface area contributed by atoms with Gasteiger partial charge in [-0.25, -0.2) is 0 Å². The summed E-state index contributed by atoms with van der Waals surface area (Å²) in [7, 11) is 3.29. The Morgan fingerprint density at radius 2 is 1.80 bits per heavy atom. The van der Waals surface area contributed by atoms with Crippen LogP contribution in [0, 0.1) is 5.92 Å². The second-order valence-corrected chi connectivity index (χ2v) is 5.05. The van der Waals surface area contributed by atoms with Gasteiger partial charge in [-0.1, -0.05) is 0 Å². The van der Waals surface area contributed by atoms with E-state index >= 15 is 0 Å². The Balaban J connectivity index is 2.29. The van der Waals surface area contributed by atoms with Crippen LogP contribution in [0.4, 0.5) is 0 Å². The number of ether oxygens (including phenoxy) is 3. The molecule has 1 saturated carbocycles. The first kappa shape index (κ1) is 15.1. The molecule has 112 valence electrons. The van der Waals surface area contributed by atoms with Crippen molar-refractivity contribution in [1.29, 1.82) is 0 Å². The van der Waals surface area contributed by atoms with Crippen LogP contribution in [0.5, 0.6) is 11.5 Å². The molecule has 3 N–H and O–H groups in total. The lowest BCUT2D eigenvalue weighted by Gasteiger charge is -2.27. The molecule has 0 spiro atoms. The van der Waals surface area contributed by atoms with Gasteiger partial charge in [0.25, 0.3) is 0 Å². The van der Waals surface area contributed by atoms with Crippen molar-refractivity contribution < 1.29 is 14.2 Å². The van der Waals surface area contributed by atoms with Crippen molar-refractivity contribution in [2.45, 2.75) is 31.9 Å². The number of hydrazine groups is 1. The second kappa shape index (κ2) is 6.92. The summed E-state index contributed by atoms with van der Waals surface area (Å²) in [6.45, 7) is 2.69. The fourth-order valence-electron chi connectivity index (χ4n) is 2.51. The topological polar surface area (TPSA) is 65.7 Å². The Hall–Kier alpha value is -1.30. The molecular formula is C15H24N2O3. The van der Waals surface area contributed by atoms with E-state index in [4.69, 9.17) is 20.1 Å². The van der Waals surface area contributed by atoms with Crippen molar-refractivity contribution >= 4 is 0 Å². The Morgan fingerprint density at radius 3 is 2.20 bits per heavy atom. The van der Waals surface area contributed by atoms with E-state index in [1.807, 2.05) is 25.1 Å². The van der Waals surface area contributed by atoms with Gasteiger partial charge in [0.2, 0.25) is 0 Å². The van der Waals surface area contributed by atoms with Gasteiger partial charge in [0.1, 0.15) is 11.5 Å². The smallest absolute Gasteiger partial charge is 0.122 e. The van der Waals surface area contributed by atoms with E-state index in [9.17, 15) is 0 Å². The minimum atomic E-state index is -0.0635. The molecule has 0 bridgehead atoms. The van der Waals surface area contributed by atoms with E-state index in [-0.39, 0.29) is 12.1 Å². The van der Waals surface area contributed by atoms with Gasteiger partial charge in [-0.05, 0) is 43.4 Å². The van der Waals surface area contributed by atoms with Crippen LogP contribution in [0.1, 0.15) is 31.4 Å². The summed E-state index contributed by atoms with van der Waals surface area (Å²) in [5, 5.41) is 0. The molecule has 1 aromatic rings. The van der Waals surface area contributed by atoms with Crippen molar-refractivity contribution in [3.8, 4) is 11.5 Å². The number of hydrogen-bond donors (Lipinski definition) is 2. The second-order valence-electron chi connectivity index (χ2n) is 5.05. The highest BCUT2D eigenvalue weighted by molar-refractivity contribution is 5.40. The molecule has 2 unspecified atom stereocenters. The molecule has 0 radical (unpaired) electrons. The third-order valence-electron chi connectivity index (χ3n) is 3.69. The van der Waals surface area contributed by atoms with Crippen LogP contribution in [0.25, 0.3) is 0 Å². The van der Waals surface area contributed by atoms with Crippen LogP contribution < -0.4 is 20.7 Å². The molecule has 5 nitrogen and oxygen atoms in total. The lowest BCUT2D eigenvalue weighted by atomic mass is 9.98. The number of benzene rings is 1. The van der Waals surface area contributed by atoms with Crippen LogP contribution in [0.15, 0.2) is 18.2 Å². The minimum Gasteiger partial charge on any atom is -0.497 e. The van der Waals surface area contributed by atoms with Gasteiger partial charge in [0, 0.05) is 12.7 Å². The average molecular weight is 280 g/mol. The van der Waals surface area contributed by atoms with Crippen LogP contribution in [0.2, 0.25) is 0 Å². The van der Waals surface area contributed by atoms with Crippen LogP contribution in [-0.2, 0) is 4.74 Å². The number of nitrogens with one attached hydrogen (secondary N) is 1. The molecule has 20 heavy (non-hydrogen) atoms. The molecule has 0 amide bonds.